The van der Waals surface area contributed by atoms with Crippen LogP contribution in [0.1, 0.15) is 0 Å². The summed E-state index contributed by atoms with van der Waals surface area (Å²) in [5, 5.41) is 2.62. The van der Waals surface area contributed by atoms with Crippen LogP contribution in [0.25, 0.3) is 21.8 Å². The third kappa shape index (κ3) is 1.34. The Morgan fingerprint density at radius 1 is 1.07 bits per heavy atom. The Hall–Kier alpha value is -1.67. The van der Waals surface area contributed by atoms with Crippen molar-refractivity contribution in [3.63, 3.8) is 0 Å². The van der Waals surface area contributed by atoms with Crippen molar-refractivity contribution >= 4 is 33.4 Å². The van der Waals surface area contributed by atoms with E-state index in [0.29, 0.717) is 5.15 Å². The molecule has 3 heteroatoms. The molecule has 0 aliphatic heterocycles. The first-order valence-corrected chi connectivity index (χ1v) is 5.02. The molecule has 1 aromatic carbocycles. The van der Waals surface area contributed by atoms with Gasteiger partial charge in [0.1, 0.15) is 5.15 Å². The standard InChI is InChI=1S/C12H7ClN2/c13-11-7-8-4-5-10-9(12(8)15-11)3-1-2-6-14-10/h1-7H. The zero-order valence-corrected chi connectivity index (χ0v) is 8.57. The Kier molecular flexibility index (Phi) is 1.82. The molecule has 0 radical (unpaired) electrons. The zero-order valence-electron chi connectivity index (χ0n) is 7.81. The van der Waals surface area contributed by atoms with Gasteiger partial charge in [0, 0.05) is 17.0 Å². The van der Waals surface area contributed by atoms with Gasteiger partial charge in [-0.25, -0.2) is 4.98 Å². The number of hydrogen-bond donors (Lipinski definition) is 0. The smallest absolute Gasteiger partial charge is 0.130 e. The molecule has 0 saturated carbocycles. The highest BCUT2D eigenvalue weighted by Gasteiger charge is 2.04. The molecule has 2 heterocycles. The number of hydrogen-bond acceptors (Lipinski definition) is 2. The fraction of sp³-hybridized carbons (Fsp3) is 0. The van der Waals surface area contributed by atoms with Crippen LogP contribution >= 0.6 is 11.6 Å². The summed E-state index contributed by atoms with van der Waals surface area (Å²) in [7, 11) is 0. The minimum Gasteiger partial charge on any atom is -0.256 e. The van der Waals surface area contributed by atoms with Crippen molar-refractivity contribution in [2.24, 2.45) is 0 Å². The Morgan fingerprint density at radius 2 is 2.00 bits per heavy atom. The molecule has 2 aromatic heterocycles. The van der Waals surface area contributed by atoms with Crippen LogP contribution in [0.3, 0.4) is 0 Å². The van der Waals surface area contributed by atoms with Gasteiger partial charge in [-0.15, -0.1) is 0 Å². The van der Waals surface area contributed by atoms with Crippen molar-refractivity contribution in [2.75, 3.05) is 0 Å². The Labute approximate surface area is 91.5 Å². The molecule has 0 N–H and O–H groups in total. The van der Waals surface area contributed by atoms with Crippen molar-refractivity contribution in [1.82, 2.24) is 9.97 Å². The molecule has 0 amide bonds. The molecular weight excluding hydrogens is 208 g/mol. The number of aromatic nitrogens is 2. The summed E-state index contributed by atoms with van der Waals surface area (Å²) in [6, 6.07) is 11.7. The number of nitrogens with zero attached hydrogens (tertiary/aromatic N) is 2. The largest absolute Gasteiger partial charge is 0.256 e. The van der Waals surface area contributed by atoms with Crippen LogP contribution in [0.5, 0.6) is 0 Å². The van der Waals surface area contributed by atoms with E-state index >= 15 is 0 Å². The summed E-state index contributed by atoms with van der Waals surface area (Å²) < 4.78 is 0. The van der Waals surface area contributed by atoms with Crippen molar-refractivity contribution in [3.8, 4) is 0 Å². The first-order chi connectivity index (χ1) is 7.34. The zero-order chi connectivity index (χ0) is 10.3. The topological polar surface area (TPSA) is 25.8 Å². The van der Waals surface area contributed by atoms with Crippen molar-refractivity contribution in [2.45, 2.75) is 0 Å². The van der Waals surface area contributed by atoms with Crippen LogP contribution in [0.15, 0.2) is 42.6 Å². The van der Waals surface area contributed by atoms with Gasteiger partial charge in [-0.2, -0.15) is 0 Å². The van der Waals surface area contributed by atoms with E-state index in [1.54, 1.807) is 6.20 Å². The van der Waals surface area contributed by atoms with Crippen molar-refractivity contribution in [3.05, 3.63) is 47.7 Å². The lowest BCUT2D eigenvalue weighted by Crippen LogP contribution is -1.74. The molecule has 0 bridgehead atoms. The van der Waals surface area contributed by atoms with Crippen LogP contribution < -0.4 is 0 Å². The highest BCUT2D eigenvalue weighted by molar-refractivity contribution is 6.31. The van der Waals surface area contributed by atoms with Gasteiger partial charge in [-0.3, -0.25) is 4.98 Å². The third-order valence-electron chi connectivity index (χ3n) is 2.39. The monoisotopic (exact) mass is 214 g/mol. The Bertz CT molecular complexity index is 649. The first-order valence-electron chi connectivity index (χ1n) is 4.64. The highest BCUT2D eigenvalue weighted by atomic mass is 35.5. The quantitative estimate of drug-likeness (QED) is 0.573. The predicted octanol–water partition coefficient (Wildman–Crippen LogP) is 3.44. The Morgan fingerprint density at radius 3 is 2.93 bits per heavy atom. The highest BCUT2D eigenvalue weighted by Crippen LogP contribution is 2.25. The second-order valence-corrected chi connectivity index (χ2v) is 3.73. The van der Waals surface area contributed by atoms with Gasteiger partial charge in [-0.1, -0.05) is 29.8 Å². The fourth-order valence-electron chi connectivity index (χ4n) is 1.72. The van der Waals surface area contributed by atoms with Gasteiger partial charge in [0.05, 0.1) is 11.0 Å². The van der Waals surface area contributed by atoms with Gasteiger partial charge in [0.15, 0.2) is 0 Å². The number of rotatable bonds is 0. The third-order valence-corrected chi connectivity index (χ3v) is 2.59. The predicted molar refractivity (Wildman–Crippen MR) is 62.1 cm³/mol. The van der Waals surface area contributed by atoms with E-state index < -0.39 is 0 Å². The van der Waals surface area contributed by atoms with Gasteiger partial charge in [0.25, 0.3) is 0 Å². The number of fused-ring (bicyclic) bond motifs is 3. The Balaban J connectivity index is 2.60. The van der Waals surface area contributed by atoms with Crippen LogP contribution in [0.4, 0.5) is 0 Å². The molecule has 2 nitrogen and oxygen atoms in total. The molecule has 0 unspecified atom stereocenters. The summed E-state index contributed by atoms with van der Waals surface area (Å²) in [5.74, 6) is 0. The second-order valence-electron chi connectivity index (χ2n) is 3.34. The number of benzene rings is 1. The second kappa shape index (κ2) is 3.17. The van der Waals surface area contributed by atoms with Crippen LogP contribution in [-0.4, -0.2) is 9.97 Å². The molecular formula is C12H7ClN2. The van der Waals surface area contributed by atoms with E-state index in [1.165, 1.54) is 0 Å². The maximum Gasteiger partial charge on any atom is 0.130 e. The van der Waals surface area contributed by atoms with Gasteiger partial charge >= 0.3 is 0 Å². The summed E-state index contributed by atoms with van der Waals surface area (Å²) in [5.41, 5.74) is 1.85. The summed E-state index contributed by atoms with van der Waals surface area (Å²) in [6.45, 7) is 0. The summed E-state index contributed by atoms with van der Waals surface area (Å²) >= 11 is 5.88. The molecule has 0 saturated heterocycles. The van der Waals surface area contributed by atoms with E-state index in [2.05, 4.69) is 9.97 Å². The van der Waals surface area contributed by atoms with Crippen molar-refractivity contribution < 1.29 is 0 Å². The maximum atomic E-state index is 5.88. The minimum absolute atomic E-state index is 0.531. The minimum atomic E-state index is 0.531. The van der Waals surface area contributed by atoms with E-state index in [-0.39, 0.29) is 0 Å². The molecule has 0 atom stereocenters. The number of halogens is 1. The molecule has 0 aliphatic rings. The normalized spacial score (nSPS) is 11.0. The summed E-state index contributed by atoms with van der Waals surface area (Å²) in [4.78, 5) is 8.61. The molecule has 3 rings (SSSR count). The van der Waals surface area contributed by atoms with Crippen LogP contribution in [0, 0.1) is 0 Å². The van der Waals surface area contributed by atoms with Crippen molar-refractivity contribution in [1.29, 1.82) is 0 Å². The van der Waals surface area contributed by atoms with Gasteiger partial charge in [-0.05, 0) is 18.2 Å². The van der Waals surface area contributed by atoms with Crippen LogP contribution in [0.2, 0.25) is 5.15 Å². The lowest BCUT2D eigenvalue weighted by molar-refractivity contribution is 1.44. The van der Waals surface area contributed by atoms with Gasteiger partial charge < -0.3 is 0 Å². The SMILES string of the molecule is Clc1cc2ccc3nccccc3c2n1. The lowest BCUT2D eigenvalue weighted by atomic mass is 10.2. The lowest BCUT2D eigenvalue weighted by Gasteiger charge is -1.92. The molecule has 0 aliphatic carbocycles. The van der Waals surface area contributed by atoms with E-state index in [4.69, 9.17) is 11.6 Å². The molecule has 15 heavy (non-hydrogen) atoms. The first kappa shape index (κ1) is 8.62. The van der Waals surface area contributed by atoms with E-state index in [9.17, 15) is 0 Å². The maximum absolute atomic E-state index is 5.88. The molecule has 0 fully saturated rings. The van der Waals surface area contributed by atoms with E-state index in [0.717, 1.165) is 21.8 Å². The van der Waals surface area contributed by atoms with Crippen LogP contribution in [-0.2, 0) is 0 Å². The van der Waals surface area contributed by atoms with E-state index in [1.807, 2.05) is 36.4 Å². The molecule has 72 valence electrons. The fourth-order valence-corrected chi connectivity index (χ4v) is 1.93. The molecule has 0 spiro atoms. The molecule has 3 aromatic rings. The summed E-state index contributed by atoms with van der Waals surface area (Å²) in [6.07, 6.45) is 1.78. The van der Waals surface area contributed by atoms with Gasteiger partial charge in [0.2, 0.25) is 0 Å². The average molecular weight is 215 g/mol. The average Bonchev–Trinajstić information content (AvgIpc) is 2.48.